The van der Waals surface area contributed by atoms with Crippen molar-refractivity contribution in [3.63, 3.8) is 0 Å². The standard InChI is InChI=1S/C14H13ClF3NO4S/c15-10-1-2-12(23-8-14(16,17)18)11(6-10)19-13(20)5-9-3-4-24(21,22)7-9/h1-4,6,9H,5,7-8H2,(H,19,20). The van der Waals surface area contributed by atoms with Gasteiger partial charge in [-0.25, -0.2) is 8.42 Å². The third-order valence-electron chi connectivity index (χ3n) is 3.06. The van der Waals surface area contributed by atoms with E-state index in [1.165, 1.54) is 24.3 Å². The first kappa shape index (κ1) is 18.6. The zero-order valence-electron chi connectivity index (χ0n) is 12.1. The van der Waals surface area contributed by atoms with Crippen molar-refractivity contribution in [2.45, 2.75) is 12.6 Å². The van der Waals surface area contributed by atoms with Gasteiger partial charge in [0.15, 0.2) is 16.4 Å². The number of carbonyl (C=O) groups excluding carboxylic acids is 1. The monoisotopic (exact) mass is 383 g/mol. The summed E-state index contributed by atoms with van der Waals surface area (Å²) < 4.78 is 64.0. The molecule has 132 valence electrons. The highest BCUT2D eigenvalue weighted by molar-refractivity contribution is 7.94. The number of amides is 1. The van der Waals surface area contributed by atoms with Gasteiger partial charge in [0.1, 0.15) is 5.75 Å². The lowest BCUT2D eigenvalue weighted by atomic mass is 10.1. The van der Waals surface area contributed by atoms with E-state index in [0.29, 0.717) is 0 Å². The second-order valence-corrected chi connectivity index (χ2v) is 7.58. The first-order valence-corrected chi connectivity index (χ1v) is 8.83. The summed E-state index contributed by atoms with van der Waals surface area (Å²) in [5.74, 6) is -1.39. The Morgan fingerprint density at radius 2 is 2.08 bits per heavy atom. The van der Waals surface area contributed by atoms with E-state index < -0.39 is 34.4 Å². The van der Waals surface area contributed by atoms with E-state index in [2.05, 4.69) is 10.1 Å². The molecular weight excluding hydrogens is 371 g/mol. The van der Waals surface area contributed by atoms with Gasteiger partial charge in [-0.05, 0) is 18.2 Å². The molecule has 0 bridgehead atoms. The molecular formula is C14H13ClF3NO4S. The van der Waals surface area contributed by atoms with Gasteiger partial charge in [0, 0.05) is 22.8 Å². The Labute approximate surface area is 141 Å². The Morgan fingerprint density at radius 3 is 2.67 bits per heavy atom. The molecule has 2 rings (SSSR count). The van der Waals surface area contributed by atoms with Crippen LogP contribution in [0.15, 0.2) is 29.7 Å². The summed E-state index contributed by atoms with van der Waals surface area (Å²) >= 11 is 5.78. The number of ether oxygens (including phenoxy) is 1. The topological polar surface area (TPSA) is 72.5 Å². The molecule has 1 unspecified atom stereocenters. The number of allylic oxidation sites excluding steroid dienone is 1. The zero-order valence-corrected chi connectivity index (χ0v) is 13.7. The summed E-state index contributed by atoms with van der Waals surface area (Å²) in [4.78, 5) is 12.0. The van der Waals surface area contributed by atoms with Gasteiger partial charge in [0.05, 0.1) is 11.4 Å². The second-order valence-electron chi connectivity index (χ2n) is 5.21. The van der Waals surface area contributed by atoms with Gasteiger partial charge in [0.2, 0.25) is 5.91 Å². The Bertz CT molecular complexity index is 762. The van der Waals surface area contributed by atoms with E-state index >= 15 is 0 Å². The van der Waals surface area contributed by atoms with Gasteiger partial charge in [-0.15, -0.1) is 0 Å². The van der Waals surface area contributed by atoms with Crippen LogP contribution in [0.1, 0.15) is 6.42 Å². The molecule has 1 N–H and O–H groups in total. The minimum Gasteiger partial charge on any atom is -0.482 e. The normalized spacial score (nSPS) is 19.2. The molecule has 5 nitrogen and oxygen atoms in total. The number of sulfone groups is 1. The average Bonchev–Trinajstić information content (AvgIpc) is 2.75. The fourth-order valence-electron chi connectivity index (χ4n) is 2.09. The largest absolute Gasteiger partial charge is 0.482 e. The van der Waals surface area contributed by atoms with Crippen LogP contribution in [0.4, 0.5) is 18.9 Å². The van der Waals surface area contributed by atoms with Crippen molar-refractivity contribution in [3.05, 3.63) is 34.7 Å². The van der Waals surface area contributed by atoms with E-state index in [9.17, 15) is 26.4 Å². The number of hydrogen-bond acceptors (Lipinski definition) is 4. The van der Waals surface area contributed by atoms with Gasteiger partial charge >= 0.3 is 6.18 Å². The molecule has 1 aromatic rings. The quantitative estimate of drug-likeness (QED) is 0.847. The van der Waals surface area contributed by atoms with Gasteiger partial charge in [-0.2, -0.15) is 13.2 Å². The third-order valence-corrected chi connectivity index (χ3v) is 4.76. The number of nitrogens with one attached hydrogen (secondary N) is 1. The van der Waals surface area contributed by atoms with E-state index in [4.69, 9.17) is 11.6 Å². The Hall–Kier alpha value is -1.74. The minimum absolute atomic E-state index is 0.0124. The summed E-state index contributed by atoms with van der Waals surface area (Å²) in [7, 11) is -3.29. The number of benzene rings is 1. The summed E-state index contributed by atoms with van der Waals surface area (Å²) in [6, 6.07) is 3.80. The number of halogens is 4. The molecule has 0 aromatic heterocycles. The lowest BCUT2D eigenvalue weighted by Crippen LogP contribution is -2.21. The van der Waals surface area contributed by atoms with Crippen LogP contribution < -0.4 is 10.1 Å². The Balaban J connectivity index is 2.04. The Morgan fingerprint density at radius 1 is 1.38 bits per heavy atom. The average molecular weight is 384 g/mol. The molecule has 0 radical (unpaired) electrons. The molecule has 1 atom stereocenters. The van der Waals surface area contributed by atoms with Crippen molar-refractivity contribution in [1.82, 2.24) is 0 Å². The van der Waals surface area contributed by atoms with Gasteiger partial charge in [0.25, 0.3) is 0 Å². The SMILES string of the molecule is O=C(CC1C=CS(=O)(=O)C1)Nc1cc(Cl)ccc1OCC(F)(F)F. The van der Waals surface area contributed by atoms with Crippen molar-refractivity contribution in [2.75, 3.05) is 17.7 Å². The van der Waals surface area contributed by atoms with Crippen LogP contribution >= 0.6 is 11.6 Å². The fraction of sp³-hybridized carbons (Fsp3) is 0.357. The molecule has 0 aliphatic carbocycles. The smallest absolute Gasteiger partial charge is 0.422 e. The molecule has 1 aliphatic rings. The molecule has 1 heterocycles. The predicted octanol–water partition coefficient (Wildman–Crippen LogP) is 3.17. The highest BCUT2D eigenvalue weighted by atomic mass is 35.5. The number of carbonyl (C=O) groups is 1. The molecule has 10 heteroatoms. The van der Waals surface area contributed by atoms with Crippen LogP contribution in [0.5, 0.6) is 5.75 Å². The molecule has 0 spiro atoms. The second kappa shape index (κ2) is 7.02. The first-order valence-electron chi connectivity index (χ1n) is 6.74. The summed E-state index contributed by atoms with van der Waals surface area (Å²) in [5.41, 5.74) is -0.0124. The van der Waals surface area contributed by atoms with Crippen molar-refractivity contribution in [2.24, 2.45) is 5.92 Å². The van der Waals surface area contributed by atoms with Gasteiger partial charge in [-0.3, -0.25) is 4.79 Å². The number of hydrogen-bond donors (Lipinski definition) is 1. The van der Waals surface area contributed by atoms with E-state index in [-0.39, 0.29) is 28.6 Å². The first-order chi connectivity index (χ1) is 11.0. The maximum absolute atomic E-state index is 12.3. The van der Waals surface area contributed by atoms with Crippen LogP contribution in [0, 0.1) is 5.92 Å². The third kappa shape index (κ3) is 5.72. The highest BCUT2D eigenvalue weighted by Gasteiger charge is 2.29. The van der Waals surface area contributed by atoms with Crippen LogP contribution in [0.2, 0.25) is 5.02 Å². The van der Waals surface area contributed by atoms with E-state index in [1.807, 2.05) is 0 Å². The van der Waals surface area contributed by atoms with Crippen molar-refractivity contribution in [3.8, 4) is 5.75 Å². The summed E-state index contributed by atoms with van der Waals surface area (Å²) in [6.07, 6.45) is -3.24. The molecule has 1 aliphatic heterocycles. The lowest BCUT2D eigenvalue weighted by Gasteiger charge is -2.15. The molecule has 1 aromatic carbocycles. The van der Waals surface area contributed by atoms with Crippen LogP contribution in [-0.2, 0) is 14.6 Å². The van der Waals surface area contributed by atoms with Gasteiger partial charge in [-0.1, -0.05) is 17.7 Å². The van der Waals surface area contributed by atoms with Crippen molar-refractivity contribution in [1.29, 1.82) is 0 Å². The maximum Gasteiger partial charge on any atom is 0.422 e. The van der Waals surface area contributed by atoms with Crippen LogP contribution in [0.25, 0.3) is 0 Å². The van der Waals surface area contributed by atoms with Crippen LogP contribution in [0.3, 0.4) is 0 Å². The predicted molar refractivity (Wildman–Crippen MR) is 82.7 cm³/mol. The molecule has 24 heavy (non-hydrogen) atoms. The van der Waals surface area contributed by atoms with E-state index in [0.717, 1.165) is 5.41 Å². The number of rotatable bonds is 5. The highest BCUT2D eigenvalue weighted by Crippen LogP contribution is 2.30. The summed E-state index contributed by atoms with van der Waals surface area (Å²) in [5, 5.41) is 3.64. The Kier molecular flexibility index (Phi) is 5.44. The summed E-state index contributed by atoms with van der Waals surface area (Å²) in [6.45, 7) is -1.51. The number of alkyl halides is 3. The van der Waals surface area contributed by atoms with Gasteiger partial charge < -0.3 is 10.1 Å². The van der Waals surface area contributed by atoms with Crippen molar-refractivity contribution < 1.29 is 31.1 Å². The van der Waals surface area contributed by atoms with E-state index in [1.54, 1.807) is 0 Å². The molecule has 0 fully saturated rings. The van der Waals surface area contributed by atoms with Crippen molar-refractivity contribution >= 4 is 33.0 Å². The molecule has 1 amide bonds. The zero-order chi connectivity index (χ0) is 18.0. The number of anilines is 1. The lowest BCUT2D eigenvalue weighted by molar-refractivity contribution is -0.153. The minimum atomic E-state index is -4.52. The molecule has 0 saturated heterocycles. The molecule has 0 saturated carbocycles. The maximum atomic E-state index is 12.3. The fourth-order valence-corrected chi connectivity index (χ4v) is 3.66. The van der Waals surface area contributed by atoms with Crippen LogP contribution in [-0.4, -0.2) is 32.9 Å².